The van der Waals surface area contributed by atoms with E-state index in [0.717, 1.165) is 18.1 Å². The van der Waals surface area contributed by atoms with Crippen molar-refractivity contribution < 1.29 is 9.53 Å². The lowest BCUT2D eigenvalue weighted by Gasteiger charge is -2.26. The summed E-state index contributed by atoms with van der Waals surface area (Å²) in [5.41, 5.74) is 4.26. The molecule has 0 unspecified atom stereocenters. The molecule has 0 saturated carbocycles. The highest BCUT2D eigenvalue weighted by Crippen LogP contribution is 2.25. The first kappa shape index (κ1) is 23.6. The summed E-state index contributed by atoms with van der Waals surface area (Å²) >= 11 is 0. The molecule has 2 aromatic rings. The third kappa shape index (κ3) is 7.27. The Morgan fingerprint density at radius 3 is 2.22 bits per heavy atom. The van der Waals surface area contributed by atoms with E-state index in [0.29, 0.717) is 24.5 Å². The Balaban J connectivity index is 1.49. The molecule has 1 amide bonds. The van der Waals surface area contributed by atoms with Crippen LogP contribution >= 0.6 is 0 Å². The molecule has 1 heterocycles. The number of rotatable bonds is 8. The number of methoxy groups -OCH3 is 1. The topological polar surface area (TPSA) is 78.0 Å². The standard InChI is InChI=1S/C25H35N5O2/c1-19(31)29-23-15-22(11-12-24(23)32-3)17-28-25(26-2)27-16-20-7-9-21(10-8-20)18-30-13-5-4-6-14-30/h7-12,15H,4-6,13-14,16-18H2,1-3H3,(H,29,31)(H2,26,27,28). The van der Waals surface area contributed by atoms with Gasteiger partial charge in [0.05, 0.1) is 12.8 Å². The Hall–Kier alpha value is -3.06. The van der Waals surface area contributed by atoms with Crippen molar-refractivity contribution in [1.82, 2.24) is 15.5 Å². The Labute approximate surface area is 191 Å². The number of likely N-dealkylation sites (tertiary alicyclic amines) is 1. The molecular formula is C25H35N5O2. The van der Waals surface area contributed by atoms with Crippen molar-refractivity contribution in [2.75, 3.05) is 32.6 Å². The summed E-state index contributed by atoms with van der Waals surface area (Å²) in [6, 6.07) is 14.5. The fourth-order valence-electron chi connectivity index (χ4n) is 3.88. The zero-order valence-corrected chi connectivity index (χ0v) is 19.4. The lowest BCUT2D eigenvalue weighted by atomic mass is 10.1. The van der Waals surface area contributed by atoms with Crippen molar-refractivity contribution in [3.63, 3.8) is 0 Å². The van der Waals surface area contributed by atoms with Crippen molar-refractivity contribution in [2.45, 2.75) is 45.8 Å². The Morgan fingerprint density at radius 2 is 1.59 bits per heavy atom. The van der Waals surface area contributed by atoms with Crippen LogP contribution in [0.5, 0.6) is 5.75 Å². The summed E-state index contributed by atoms with van der Waals surface area (Å²) in [6.45, 7) is 6.22. The van der Waals surface area contributed by atoms with E-state index in [1.54, 1.807) is 14.2 Å². The molecule has 3 rings (SSSR count). The van der Waals surface area contributed by atoms with Crippen LogP contribution in [0.3, 0.4) is 0 Å². The van der Waals surface area contributed by atoms with Gasteiger partial charge < -0.3 is 20.7 Å². The van der Waals surface area contributed by atoms with Gasteiger partial charge in [-0.15, -0.1) is 0 Å². The van der Waals surface area contributed by atoms with Gasteiger partial charge in [0.2, 0.25) is 5.91 Å². The van der Waals surface area contributed by atoms with Crippen molar-refractivity contribution in [2.24, 2.45) is 4.99 Å². The number of nitrogens with one attached hydrogen (secondary N) is 3. The molecule has 7 heteroatoms. The van der Waals surface area contributed by atoms with Crippen molar-refractivity contribution >= 4 is 17.6 Å². The number of hydrogen-bond acceptors (Lipinski definition) is 4. The van der Waals surface area contributed by atoms with Gasteiger partial charge >= 0.3 is 0 Å². The van der Waals surface area contributed by atoms with Gasteiger partial charge in [-0.1, -0.05) is 36.8 Å². The maximum atomic E-state index is 11.4. The molecule has 32 heavy (non-hydrogen) atoms. The van der Waals surface area contributed by atoms with Gasteiger partial charge in [-0.25, -0.2) is 0 Å². The number of aliphatic imine (C=N–C) groups is 1. The van der Waals surface area contributed by atoms with Crippen molar-refractivity contribution in [3.8, 4) is 5.75 Å². The molecule has 0 bridgehead atoms. The van der Waals surface area contributed by atoms with Crippen LogP contribution in [-0.2, 0) is 24.4 Å². The van der Waals surface area contributed by atoms with Gasteiger partial charge in [0.25, 0.3) is 0 Å². The quantitative estimate of drug-likeness (QED) is 0.435. The van der Waals surface area contributed by atoms with Crippen LogP contribution in [0.15, 0.2) is 47.5 Å². The summed E-state index contributed by atoms with van der Waals surface area (Å²) in [4.78, 5) is 18.3. The minimum Gasteiger partial charge on any atom is -0.495 e. The average molecular weight is 438 g/mol. The number of anilines is 1. The Morgan fingerprint density at radius 1 is 0.969 bits per heavy atom. The molecule has 1 aliphatic rings. The minimum atomic E-state index is -0.132. The molecule has 0 aliphatic carbocycles. The smallest absolute Gasteiger partial charge is 0.221 e. The molecule has 1 aliphatic heterocycles. The van der Waals surface area contributed by atoms with E-state index >= 15 is 0 Å². The molecule has 1 fully saturated rings. The van der Waals surface area contributed by atoms with E-state index < -0.39 is 0 Å². The summed E-state index contributed by atoms with van der Waals surface area (Å²) in [5.74, 6) is 1.22. The second-order valence-corrected chi connectivity index (χ2v) is 8.15. The minimum absolute atomic E-state index is 0.132. The average Bonchev–Trinajstić information content (AvgIpc) is 2.80. The van der Waals surface area contributed by atoms with Crippen LogP contribution < -0.4 is 20.7 Å². The van der Waals surface area contributed by atoms with Crippen LogP contribution in [0.1, 0.15) is 42.9 Å². The largest absolute Gasteiger partial charge is 0.495 e. The van der Waals surface area contributed by atoms with Crippen LogP contribution in [0.2, 0.25) is 0 Å². The fourth-order valence-corrected chi connectivity index (χ4v) is 3.88. The summed E-state index contributed by atoms with van der Waals surface area (Å²) in [6.07, 6.45) is 4.00. The summed E-state index contributed by atoms with van der Waals surface area (Å²) in [5, 5.41) is 9.48. The molecular weight excluding hydrogens is 402 g/mol. The van der Waals surface area contributed by atoms with Crippen molar-refractivity contribution in [1.29, 1.82) is 0 Å². The second kappa shape index (κ2) is 12.1. The maximum Gasteiger partial charge on any atom is 0.221 e. The molecule has 172 valence electrons. The number of carbonyl (C=O) groups is 1. The highest BCUT2D eigenvalue weighted by molar-refractivity contribution is 5.90. The lowest BCUT2D eigenvalue weighted by molar-refractivity contribution is -0.114. The molecule has 7 nitrogen and oxygen atoms in total. The number of hydrogen-bond donors (Lipinski definition) is 3. The van der Waals surface area contributed by atoms with Gasteiger partial charge in [-0.3, -0.25) is 14.7 Å². The van der Waals surface area contributed by atoms with Crippen LogP contribution in [-0.4, -0.2) is 44.0 Å². The predicted molar refractivity (Wildman–Crippen MR) is 130 cm³/mol. The number of carbonyl (C=O) groups excluding carboxylic acids is 1. The van der Waals surface area contributed by atoms with Gasteiger partial charge in [0, 0.05) is 33.6 Å². The van der Waals surface area contributed by atoms with E-state index in [1.807, 2.05) is 18.2 Å². The molecule has 1 saturated heterocycles. The molecule has 2 aromatic carbocycles. The lowest BCUT2D eigenvalue weighted by Crippen LogP contribution is -2.36. The predicted octanol–water partition coefficient (Wildman–Crippen LogP) is 3.50. The number of benzene rings is 2. The van der Waals surface area contributed by atoms with Gasteiger partial charge in [0.1, 0.15) is 5.75 Å². The third-order valence-electron chi connectivity index (χ3n) is 5.60. The molecule has 0 spiro atoms. The number of ether oxygens (including phenoxy) is 1. The van der Waals surface area contributed by atoms with Gasteiger partial charge in [-0.2, -0.15) is 0 Å². The molecule has 0 aromatic heterocycles. The first-order chi connectivity index (χ1) is 15.6. The zero-order valence-electron chi connectivity index (χ0n) is 19.4. The van der Waals surface area contributed by atoms with E-state index in [9.17, 15) is 4.79 Å². The first-order valence-electron chi connectivity index (χ1n) is 11.3. The summed E-state index contributed by atoms with van der Waals surface area (Å²) in [7, 11) is 3.35. The molecule has 0 atom stereocenters. The van der Waals surface area contributed by atoms with Crippen LogP contribution in [0.25, 0.3) is 0 Å². The Bertz CT molecular complexity index is 905. The summed E-state index contributed by atoms with van der Waals surface area (Å²) < 4.78 is 5.31. The van der Waals surface area contributed by atoms with Gasteiger partial charge in [-0.05, 0) is 54.8 Å². The number of nitrogens with zero attached hydrogens (tertiary/aromatic N) is 2. The third-order valence-corrected chi connectivity index (χ3v) is 5.60. The number of guanidine groups is 1. The monoisotopic (exact) mass is 437 g/mol. The molecule has 0 radical (unpaired) electrons. The van der Waals surface area contributed by atoms with Crippen LogP contribution in [0, 0.1) is 0 Å². The fraction of sp³-hybridized carbons (Fsp3) is 0.440. The highest BCUT2D eigenvalue weighted by atomic mass is 16.5. The SMILES string of the molecule is CN=C(NCc1ccc(CN2CCCCC2)cc1)NCc1ccc(OC)c(NC(C)=O)c1. The van der Waals surface area contributed by atoms with Gasteiger partial charge in [0.15, 0.2) is 5.96 Å². The maximum absolute atomic E-state index is 11.4. The first-order valence-corrected chi connectivity index (χ1v) is 11.3. The number of amides is 1. The van der Waals surface area contributed by atoms with E-state index in [1.165, 1.54) is 50.4 Å². The normalized spacial score (nSPS) is 14.7. The highest BCUT2D eigenvalue weighted by Gasteiger charge is 2.10. The second-order valence-electron chi connectivity index (χ2n) is 8.15. The van der Waals surface area contributed by atoms with E-state index in [2.05, 4.69) is 50.1 Å². The van der Waals surface area contributed by atoms with Crippen molar-refractivity contribution in [3.05, 3.63) is 59.2 Å². The molecule has 3 N–H and O–H groups in total. The van der Waals surface area contributed by atoms with E-state index in [4.69, 9.17) is 4.74 Å². The van der Waals surface area contributed by atoms with Crippen LogP contribution in [0.4, 0.5) is 5.69 Å². The number of piperidine rings is 1. The zero-order chi connectivity index (χ0) is 22.8. The van der Waals surface area contributed by atoms with E-state index in [-0.39, 0.29) is 5.91 Å². The Kier molecular flexibility index (Phi) is 8.92.